The maximum Gasteiger partial charge on any atom is 0.311 e. The summed E-state index contributed by atoms with van der Waals surface area (Å²) in [4.78, 5) is 23.5. The Bertz CT molecular complexity index is 552. The minimum absolute atomic E-state index is 0.0218. The number of aromatic hydroxyl groups is 1. The second-order valence-corrected chi connectivity index (χ2v) is 6.84. The molecule has 110 valence electrons. The number of nitrogens with one attached hydrogen (secondary N) is 1. The van der Waals surface area contributed by atoms with Gasteiger partial charge in [-0.25, -0.2) is 0 Å². The van der Waals surface area contributed by atoms with E-state index >= 15 is 0 Å². The lowest BCUT2D eigenvalue weighted by molar-refractivity contribution is -0.150. The van der Waals surface area contributed by atoms with Gasteiger partial charge in [0.15, 0.2) is 0 Å². The van der Waals surface area contributed by atoms with Crippen LogP contribution in [0.4, 0.5) is 0 Å². The number of benzene rings is 1. The number of aliphatic carboxylic acids is 1. The number of amides is 1. The minimum Gasteiger partial charge on any atom is -0.507 e. The molecule has 0 saturated heterocycles. The molecule has 0 aromatic heterocycles. The van der Waals surface area contributed by atoms with Crippen molar-refractivity contribution in [1.29, 1.82) is 0 Å². The molecule has 6 heteroatoms. The second-order valence-electron chi connectivity index (χ2n) is 5.68. The first kappa shape index (κ1) is 16.7. The van der Waals surface area contributed by atoms with E-state index in [1.807, 2.05) is 22.6 Å². The van der Waals surface area contributed by atoms with Crippen molar-refractivity contribution in [2.45, 2.75) is 33.2 Å². The van der Waals surface area contributed by atoms with Crippen molar-refractivity contribution in [1.82, 2.24) is 5.32 Å². The van der Waals surface area contributed by atoms with Crippen molar-refractivity contribution < 1.29 is 19.8 Å². The molecule has 0 aliphatic rings. The number of carbonyl (C=O) groups excluding carboxylic acids is 1. The summed E-state index contributed by atoms with van der Waals surface area (Å²) in [6, 6.07) is 4.57. The molecule has 3 N–H and O–H groups in total. The number of phenolic OH excluding ortho intramolecular Hbond substituents is 1. The highest BCUT2D eigenvalue weighted by Crippen LogP contribution is 2.31. The maximum absolute atomic E-state index is 12.2. The number of rotatable bonds is 4. The van der Waals surface area contributed by atoms with Crippen LogP contribution in [0.3, 0.4) is 0 Å². The normalized spacial score (nSPS) is 12.1. The van der Waals surface area contributed by atoms with Gasteiger partial charge in [-0.15, -0.1) is 0 Å². The summed E-state index contributed by atoms with van der Waals surface area (Å²) in [6.45, 7) is 6.43. The molecule has 1 amide bonds. The number of phenols is 1. The molecule has 0 aliphatic heterocycles. The molecule has 0 radical (unpaired) electrons. The third-order valence-electron chi connectivity index (χ3n) is 3.73. The zero-order chi connectivity index (χ0) is 15.7. The van der Waals surface area contributed by atoms with Gasteiger partial charge < -0.3 is 15.5 Å². The van der Waals surface area contributed by atoms with Gasteiger partial charge >= 0.3 is 5.97 Å². The SMILES string of the molecule is CC(C)(NC(=O)c1ccc(I)c(O)c1)C(C)(C)C(=O)O. The lowest BCUT2D eigenvalue weighted by atomic mass is 9.74. The Morgan fingerprint density at radius 3 is 2.20 bits per heavy atom. The van der Waals surface area contributed by atoms with Crippen molar-refractivity contribution in [2.24, 2.45) is 5.41 Å². The third-order valence-corrected chi connectivity index (χ3v) is 4.64. The van der Waals surface area contributed by atoms with Gasteiger partial charge in [-0.05, 0) is 68.5 Å². The lowest BCUT2D eigenvalue weighted by Gasteiger charge is -2.38. The van der Waals surface area contributed by atoms with Gasteiger partial charge in [0, 0.05) is 5.56 Å². The Balaban J connectivity index is 3.00. The second kappa shape index (κ2) is 5.59. The topological polar surface area (TPSA) is 86.6 Å². The van der Waals surface area contributed by atoms with E-state index in [-0.39, 0.29) is 11.3 Å². The summed E-state index contributed by atoms with van der Waals surface area (Å²) in [5, 5.41) is 21.6. The summed E-state index contributed by atoms with van der Waals surface area (Å²) >= 11 is 1.95. The van der Waals surface area contributed by atoms with Crippen molar-refractivity contribution in [3.05, 3.63) is 27.3 Å². The van der Waals surface area contributed by atoms with Gasteiger partial charge in [0.05, 0.1) is 14.5 Å². The van der Waals surface area contributed by atoms with Crippen LogP contribution >= 0.6 is 22.6 Å². The van der Waals surface area contributed by atoms with E-state index in [1.165, 1.54) is 6.07 Å². The first-order valence-corrected chi connectivity index (χ1v) is 7.11. The summed E-state index contributed by atoms with van der Waals surface area (Å²) in [7, 11) is 0. The quantitative estimate of drug-likeness (QED) is 0.689. The number of halogens is 1. The fraction of sp³-hybridized carbons (Fsp3) is 0.429. The van der Waals surface area contributed by atoms with Crippen LogP contribution in [-0.2, 0) is 4.79 Å². The van der Waals surface area contributed by atoms with E-state index in [1.54, 1.807) is 39.8 Å². The summed E-state index contributed by atoms with van der Waals surface area (Å²) in [5.74, 6) is -1.39. The van der Waals surface area contributed by atoms with Crippen LogP contribution in [0.15, 0.2) is 18.2 Å². The maximum atomic E-state index is 12.2. The summed E-state index contributed by atoms with van der Waals surface area (Å²) in [6.07, 6.45) is 0. The molecule has 20 heavy (non-hydrogen) atoms. The highest BCUT2D eigenvalue weighted by atomic mass is 127. The Morgan fingerprint density at radius 2 is 1.75 bits per heavy atom. The van der Waals surface area contributed by atoms with E-state index < -0.39 is 22.8 Å². The molecule has 0 atom stereocenters. The van der Waals surface area contributed by atoms with Gasteiger partial charge in [0.25, 0.3) is 5.91 Å². The van der Waals surface area contributed by atoms with Gasteiger partial charge in [-0.1, -0.05) is 0 Å². The van der Waals surface area contributed by atoms with Crippen LogP contribution < -0.4 is 5.32 Å². The van der Waals surface area contributed by atoms with Crippen LogP contribution in [0, 0.1) is 8.99 Å². The zero-order valence-corrected chi connectivity index (χ0v) is 14.0. The minimum atomic E-state index is -1.13. The molecule has 1 aromatic carbocycles. The van der Waals surface area contributed by atoms with Crippen LogP contribution in [0.2, 0.25) is 0 Å². The Morgan fingerprint density at radius 1 is 1.20 bits per heavy atom. The predicted molar refractivity (Wildman–Crippen MR) is 83.8 cm³/mol. The first-order valence-electron chi connectivity index (χ1n) is 6.03. The average Bonchev–Trinajstić information content (AvgIpc) is 2.31. The molecular formula is C14H18INO4. The molecule has 5 nitrogen and oxygen atoms in total. The molecule has 0 aliphatic carbocycles. The Labute approximate surface area is 131 Å². The van der Waals surface area contributed by atoms with E-state index in [0.717, 1.165) is 0 Å². The van der Waals surface area contributed by atoms with E-state index in [0.29, 0.717) is 3.57 Å². The fourth-order valence-corrected chi connectivity index (χ4v) is 1.77. The number of carboxylic acid groups (broad SMARTS) is 1. The standard InChI is InChI=1S/C14H18INO4/c1-13(2,12(19)20)14(3,4)16-11(18)8-5-6-9(15)10(17)7-8/h5-7,17H,1-4H3,(H,16,18)(H,19,20). The van der Waals surface area contributed by atoms with Crippen LogP contribution in [0.25, 0.3) is 0 Å². The van der Waals surface area contributed by atoms with E-state index in [9.17, 15) is 19.8 Å². The van der Waals surface area contributed by atoms with Gasteiger partial charge in [-0.3, -0.25) is 9.59 Å². The number of hydrogen-bond acceptors (Lipinski definition) is 3. The van der Waals surface area contributed by atoms with Crippen LogP contribution in [0.5, 0.6) is 5.75 Å². The summed E-state index contributed by atoms with van der Waals surface area (Å²) < 4.78 is 0.643. The molecule has 0 spiro atoms. The van der Waals surface area contributed by atoms with Crippen LogP contribution in [-0.4, -0.2) is 27.6 Å². The molecular weight excluding hydrogens is 373 g/mol. The third kappa shape index (κ3) is 3.23. The van der Waals surface area contributed by atoms with Crippen molar-refractivity contribution in [2.75, 3.05) is 0 Å². The van der Waals surface area contributed by atoms with Crippen molar-refractivity contribution in [3.8, 4) is 5.75 Å². The number of hydrogen-bond donors (Lipinski definition) is 3. The first-order chi connectivity index (χ1) is 8.99. The van der Waals surface area contributed by atoms with E-state index in [2.05, 4.69) is 5.32 Å². The molecule has 0 heterocycles. The fourth-order valence-electron chi connectivity index (χ4n) is 1.43. The van der Waals surface area contributed by atoms with Gasteiger partial charge in [0.2, 0.25) is 0 Å². The zero-order valence-electron chi connectivity index (χ0n) is 11.8. The molecule has 0 saturated carbocycles. The van der Waals surface area contributed by atoms with E-state index in [4.69, 9.17) is 0 Å². The molecule has 0 bridgehead atoms. The molecule has 0 fully saturated rings. The number of carbonyl (C=O) groups is 2. The molecule has 0 unspecified atom stereocenters. The number of carboxylic acids is 1. The highest BCUT2D eigenvalue weighted by molar-refractivity contribution is 14.1. The summed E-state index contributed by atoms with van der Waals surface area (Å²) in [5.41, 5.74) is -1.79. The molecule has 1 aromatic rings. The largest absolute Gasteiger partial charge is 0.507 e. The Kier molecular flexibility index (Phi) is 4.68. The van der Waals surface area contributed by atoms with Crippen LogP contribution in [0.1, 0.15) is 38.1 Å². The predicted octanol–water partition coefficient (Wildman–Crippen LogP) is 2.62. The molecule has 1 rings (SSSR count). The van der Waals surface area contributed by atoms with Crippen molar-refractivity contribution in [3.63, 3.8) is 0 Å². The van der Waals surface area contributed by atoms with Crippen molar-refractivity contribution >= 4 is 34.5 Å². The smallest absolute Gasteiger partial charge is 0.311 e. The van der Waals surface area contributed by atoms with Gasteiger partial charge in [-0.2, -0.15) is 0 Å². The lowest BCUT2D eigenvalue weighted by Crippen LogP contribution is -2.56. The Hall–Kier alpha value is -1.31. The average molecular weight is 391 g/mol. The highest BCUT2D eigenvalue weighted by Gasteiger charge is 2.44. The van der Waals surface area contributed by atoms with Gasteiger partial charge in [0.1, 0.15) is 5.75 Å². The monoisotopic (exact) mass is 391 g/mol.